The van der Waals surface area contributed by atoms with Crippen LogP contribution in [0.1, 0.15) is 32.3 Å². The van der Waals surface area contributed by atoms with Gasteiger partial charge in [0, 0.05) is 24.1 Å². The molecule has 6 heteroatoms. The van der Waals surface area contributed by atoms with Crippen LogP contribution < -0.4 is 10.6 Å². The SMILES string of the molecule is COCC1(C(=O)NCC(C)(C)c2ccc(F)cc2Cl)CCNCC1. The highest BCUT2D eigenvalue weighted by Gasteiger charge is 2.40. The number of benzene rings is 1. The molecule has 1 amide bonds. The Balaban J connectivity index is 2.08. The highest BCUT2D eigenvalue weighted by Crippen LogP contribution is 2.32. The summed E-state index contributed by atoms with van der Waals surface area (Å²) in [5.41, 5.74) is -0.0680. The third-order valence-electron chi connectivity index (χ3n) is 4.81. The van der Waals surface area contributed by atoms with E-state index in [2.05, 4.69) is 10.6 Å². The number of amides is 1. The Morgan fingerprint density at radius 3 is 2.67 bits per heavy atom. The molecule has 1 fully saturated rings. The molecule has 0 aromatic heterocycles. The fourth-order valence-electron chi connectivity index (χ4n) is 3.24. The van der Waals surface area contributed by atoms with Crippen molar-refractivity contribution in [2.45, 2.75) is 32.1 Å². The van der Waals surface area contributed by atoms with Crippen molar-refractivity contribution >= 4 is 17.5 Å². The number of carbonyl (C=O) groups excluding carboxylic acids is 1. The van der Waals surface area contributed by atoms with E-state index >= 15 is 0 Å². The number of hydrogen-bond acceptors (Lipinski definition) is 3. The van der Waals surface area contributed by atoms with Gasteiger partial charge in [-0.25, -0.2) is 4.39 Å². The number of rotatable bonds is 6. The second-order valence-corrected chi connectivity index (χ2v) is 7.56. The summed E-state index contributed by atoms with van der Waals surface area (Å²) < 4.78 is 18.6. The van der Waals surface area contributed by atoms with Crippen LogP contribution in [0.25, 0.3) is 0 Å². The van der Waals surface area contributed by atoms with Crippen molar-refractivity contribution in [3.8, 4) is 0 Å². The van der Waals surface area contributed by atoms with Gasteiger partial charge in [0.1, 0.15) is 5.82 Å². The molecule has 0 saturated carbocycles. The minimum Gasteiger partial charge on any atom is -0.384 e. The molecular weight excluding hydrogens is 331 g/mol. The zero-order valence-electron chi connectivity index (χ0n) is 14.5. The fourth-order valence-corrected chi connectivity index (χ4v) is 3.66. The van der Waals surface area contributed by atoms with E-state index in [9.17, 15) is 9.18 Å². The highest BCUT2D eigenvalue weighted by molar-refractivity contribution is 6.31. The molecule has 0 atom stereocenters. The minimum atomic E-state index is -0.483. The van der Waals surface area contributed by atoms with E-state index in [-0.39, 0.29) is 11.7 Å². The van der Waals surface area contributed by atoms with Gasteiger partial charge in [0.2, 0.25) is 5.91 Å². The predicted octanol–water partition coefficient (Wildman–Crippen LogP) is 2.89. The van der Waals surface area contributed by atoms with Crippen LogP contribution in [0.3, 0.4) is 0 Å². The van der Waals surface area contributed by atoms with Crippen LogP contribution in [-0.2, 0) is 14.9 Å². The maximum atomic E-state index is 13.3. The van der Waals surface area contributed by atoms with Gasteiger partial charge in [-0.05, 0) is 43.6 Å². The van der Waals surface area contributed by atoms with Crippen LogP contribution in [0.2, 0.25) is 5.02 Å². The number of nitrogens with one attached hydrogen (secondary N) is 2. The largest absolute Gasteiger partial charge is 0.384 e. The Morgan fingerprint density at radius 2 is 2.08 bits per heavy atom. The van der Waals surface area contributed by atoms with Crippen molar-refractivity contribution in [1.29, 1.82) is 0 Å². The molecule has 24 heavy (non-hydrogen) atoms. The lowest BCUT2D eigenvalue weighted by Gasteiger charge is -2.37. The molecule has 0 unspecified atom stereocenters. The van der Waals surface area contributed by atoms with Gasteiger partial charge in [-0.3, -0.25) is 4.79 Å². The quantitative estimate of drug-likeness (QED) is 0.824. The maximum absolute atomic E-state index is 13.3. The fraction of sp³-hybridized carbons (Fsp3) is 0.611. The van der Waals surface area contributed by atoms with Crippen molar-refractivity contribution < 1.29 is 13.9 Å². The van der Waals surface area contributed by atoms with Gasteiger partial charge in [0.15, 0.2) is 0 Å². The van der Waals surface area contributed by atoms with Crippen LogP contribution in [0.15, 0.2) is 18.2 Å². The summed E-state index contributed by atoms with van der Waals surface area (Å²) in [5, 5.41) is 6.71. The minimum absolute atomic E-state index is 0.0113. The average Bonchev–Trinajstić information content (AvgIpc) is 2.53. The number of carbonyl (C=O) groups is 1. The molecule has 1 saturated heterocycles. The Labute approximate surface area is 148 Å². The zero-order chi connectivity index (χ0) is 17.8. The van der Waals surface area contributed by atoms with Crippen molar-refractivity contribution in [1.82, 2.24) is 10.6 Å². The normalized spacial score (nSPS) is 17.5. The van der Waals surface area contributed by atoms with E-state index in [0.717, 1.165) is 31.5 Å². The third-order valence-corrected chi connectivity index (χ3v) is 5.13. The van der Waals surface area contributed by atoms with Crippen LogP contribution in [0.5, 0.6) is 0 Å². The molecule has 2 rings (SSSR count). The summed E-state index contributed by atoms with van der Waals surface area (Å²) in [7, 11) is 1.62. The zero-order valence-corrected chi connectivity index (χ0v) is 15.3. The second-order valence-electron chi connectivity index (χ2n) is 7.15. The molecule has 1 aliphatic rings. The lowest BCUT2D eigenvalue weighted by Crippen LogP contribution is -2.52. The first kappa shape index (κ1) is 19.2. The summed E-state index contributed by atoms with van der Waals surface area (Å²) in [6.07, 6.45) is 1.51. The first-order chi connectivity index (χ1) is 11.3. The van der Waals surface area contributed by atoms with Gasteiger partial charge in [-0.2, -0.15) is 0 Å². The third kappa shape index (κ3) is 4.26. The van der Waals surface area contributed by atoms with Gasteiger partial charge < -0.3 is 15.4 Å². The number of piperidine rings is 1. The van der Waals surface area contributed by atoms with Crippen molar-refractivity contribution in [2.24, 2.45) is 5.41 Å². The standard InChI is InChI=1S/C18H26ClFN2O2/c1-17(2,14-5-4-13(20)10-15(14)19)11-22-16(23)18(12-24-3)6-8-21-9-7-18/h4-5,10,21H,6-9,11-12H2,1-3H3,(H,22,23). The van der Waals surface area contributed by atoms with E-state index in [1.807, 2.05) is 13.8 Å². The van der Waals surface area contributed by atoms with Crippen LogP contribution in [0.4, 0.5) is 4.39 Å². The Kier molecular flexibility index (Phi) is 6.23. The van der Waals surface area contributed by atoms with E-state index in [1.165, 1.54) is 12.1 Å². The summed E-state index contributed by atoms with van der Waals surface area (Å²) in [6.45, 7) is 6.43. The molecule has 4 nitrogen and oxygen atoms in total. The van der Waals surface area contributed by atoms with Crippen molar-refractivity contribution in [2.75, 3.05) is 33.4 Å². The van der Waals surface area contributed by atoms with Gasteiger partial charge in [-0.1, -0.05) is 31.5 Å². The molecule has 134 valence electrons. The summed E-state index contributed by atoms with van der Waals surface area (Å²) >= 11 is 6.17. The van der Waals surface area contributed by atoms with E-state index in [1.54, 1.807) is 13.2 Å². The number of halogens is 2. The maximum Gasteiger partial charge on any atom is 0.228 e. The molecule has 1 aromatic carbocycles. The summed E-state index contributed by atoms with van der Waals surface area (Å²) in [4.78, 5) is 12.8. The van der Waals surface area contributed by atoms with E-state index in [0.29, 0.717) is 18.2 Å². The van der Waals surface area contributed by atoms with Crippen LogP contribution >= 0.6 is 11.6 Å². The lowest BCUT2D eigenvalue weighted by atomic mass is 9.78. The topological polar surface area (TPSA) is 50.4 Å². The molecular formula is C18H26ClFN2O2. The van der Waals surface area contributed by atoms with Crippen LogP contribution in [0, 0.1) is 11.2 Å². The molecule has 1 aromatic rings. The molecule has 1 heterocycles. The number of hydrogen-bond donors (Lipinski definition) is 2. The highest BCUT2D eigenvalue weighted by atomic mass is 35.5. The van der Waals surface area contributed by atoms with Crippen LogP contribution in [-0.4, -0.2) is 39.3 Å². The molecule has 0 bridgehead atoms. The lowest BCUT2D eigenvalue weighted by molar-refractivity contribution is -0.136. The summed E-state index contributed by atoms with van der Waals surface area (Å²) in [6, 6.07) is 4.38. The second kappa shape index (κ2) is 7.81. The molecule has 0 radical (unpaired) electrons. The molecule has 0 aliphatic carbocycles. The summed E-state index contributed by atoms with van der Waals surface area (Å²) in [5.74, 6) is -0.352. The Bertz CT molecular complexity index is 581. The molecule has 0 spiro atoms. The van der Waals surface area contributed by atoms with Gasteiger partial charge in [0.05, 0.1) is 12.0 Å². The van der Waals surface area contributed by atoms with E-state index < -0.39 is 10.8 Å². The van der Waals surface area contributed by atoms with Gasteiger partial charge in [-0.15, -0.1) is 0 Å². The van der Waals surface area contributed by atoms with Crippen molar-refractivity contribution in [3.05, 3.63) is 34.6 Å². The Morgan fingerprint density at radius 1 is 1.42 bits per heavy atom. The monoisotopic (exact) mass is 356 g/mol. The van der Waals surface area contributed by atoms with Gasteiger partial charge in [0.25, 0.3) is 0 Å². The number of ether oxygens (including phenoxy) is 1. The Hall–Kier alpha value is -1.17. The smallest absolute Gasteiger partial charge is 0.228 e. The molecule has 1 aliphatic heterocycles. The predicted molar refractivity (Wildman–Crippen MR) is 93.9 cm³/mol. The number of methoxy groups -OCH3 is 1. The van der Waals surface area contributed by atoms with E-state index in [4.69, 9.17) is 16.3 Å². The van der Waals surface area contributed by atoms with Crippen molar-refractivity contribution in [3.63, 3.8) is 0 Å². The average molecular weight is 357 g/mol. The first-order valence-corrected chi connectivity index (χ1v) is 8.62. The van der Waals surface area contributed by atoms with Gasteiger partial charge >= 0.3 is 0 Å². The molecule has 2 N–H and O–H groups in total. The first-order valence-electron chi connectivity index (χ1n) is 8.24.